The minimum Gasteiger partial charge on any atom is -0.345 e. The molecule has 0 amide bonds. The zero-order chi connectivity index (χ0) is 15.3. The van der Waals surface area contributed by atoms with Gasteiger partial charge in [0.2, 0.25) is 0 Å². The largest absolute Gasteiger partial charge is 0.345 e. The lowest BCUT2D eigenvalue weighted by Gasteiger charge is -2.49. The van der Waals surface area contributed by atoms with Gasteiger partial charge in [-0.15, -0.1) is 0 Å². The van der Waals surface area contributed by atoms with Crippen LogP contribution < -0.4 is 0 Å². The van der Waals surface area contributed by atoms with Crippen molar-refractivity contribution in [1.82, 2.24) is 0 Å². The second-order valence-corrected chi connectivity index (χ2v) is 6.35. The van der Waals surface area contributed by atoms with Crippen LogP contribution in [0.15, 0.2) is 35.4 Å². The summed E-state index contributed by atoms with van der Waals surface area (Å²) >= 11 is 0. The molecule has 1 fully saturated rings. The van der Waals surface area contributed by atoms with Gasteiger partial charge in [-0.1, -0.05) is 56.2 Å². The number of nitrogens with zero attached hydrogens (tertiary/aromatic N) is 3. The summed E-state index contributed by atoms with van der Waals surface area (Å²) in [5.41, 5.74) is 9.23. The molecule has 0 radical (unpaired) electrons. The number of rotatable bonds is 4. The predicted molar refractivity (Wildman–Crippen MR) is 81.6 cm³/mol. The van der Waals surface area contributed by atoms with Crippen molar-refractivity contribution in [2.75, 3.05) is 13.2 Å². The van der Waals surface area contributed by atoms with E-state index in [9.17, 15) is 0 Å². The SMILES string of the molecule is CC(C)(C)[C@]1(c2ccccc2)OCC[C@H](CCN=[N+]=[N-])O1. The summed E-state index contributed by atoms with van der Waals surface area (Å²) in [4.78, 5) is 2.80. The fraction of sp³-hybridized carbons (Fsp3) is 0.625. The van der Waals surface area contributed by atoms with Crippen LogP contribution in [-0.4, -0.2) is 19.3 Å². The lowest BCUT2D eigenvalue weighted by molar-refractivity contribution is -0.347. The first-order chi connectivity index (χ1) is 9.99. The Kier molecular flexibility index (Phi) is 4.88. The topological polar surface area (TPSA) is 67.2 Å². The highest BCUT2D eigenvalue weighted by atomic mass is 16.7. The maximum atomic E-state index is 8.40. The van der Waals surface area contributed by atoms with Crippen molar-refractivity contribution >= 4 is 0 Å². The Morgan fingerprint density at radius 2 is 2.05 bits per heavy atom. The molecule has 21 heavy (non-hydrogen) atoms. The Balaban J connectivity index is 2.26. The van der Waals surface area contributed by atoms with Crippen molar-refractivity contribution in [3.8, 4) is 0 Å². The number of hydrogen-bond acceptors (Lipinski definition) is 3. The summed E-state index contributed by atoms with van der Waals surface area (Å²) in [6, 6.07) is 10.1. The van der Waals surface area contributed by atoms with E-state index in [1.807, 2.05) is 30.3 Å². The van der Waals surface area contributed by atoms with Gasteiger partial charge in [-0.05, 0) is 18.4 Å². The van der Waals surface area contributed by atoms with Crippen LogP contribution in [0.25, 0.3) is 10.4 Å². The van der Waals surface area contributed by atoms with Crippen LogP contribution in [0.2, 0.25) is 0 Å². The van der Waals surface area contributed by atoms with Gasteiger partial charge in [-0.2, -0.15) is 0 Å². The molecule has 0 aromatic heterocycles. The van der Waals surface area contributed by atoms with E-state index in [0.29, 0.717) is 13.2 Å². The van der Waals surface area contributed by atoms with Crippen LogP contribution in [0.5, 0.6) is 0 Å². The summed E-state index contributed by atoms with van der Waals surface area (Å²) in [7, 11) is 0. The van der Waals surface area contributed by atoms with Crippen LogP contribution in [0.4, 0.5) is 0 Å². The van der Waals surface area contributed by atoms with Gasteiger partial charge in [0, 0.05) is 22.4 Å². The van der Waals surface area contributed by atoms with E-state index < -0.39 is 5.79 Å². The summed E-state index contributed by atoms with van der Waals surface area (Å²) in [5.74, 6) is -0.756. The molecule has 1 aliphatic heterocycles. The minimum atomic E-state index is -0.756. The molecule has 0 aliphatic carbocycles. The molecule has 114 valence electrons. The molecule has 0 N–H and O–H groups in total. The fourth-order valence-corrected chi connectivity index (χ4v) is 2.75. The number of azide groups is 1. The van der Waals surface area contributed by atoms with Gasteiger partial charge >= 0.3 is 0 Å². The van der Waals surface area contributed by atoms with Crippen molar-refractivity contribution in [3.63, 3.8) is 0 Å². The Morgan fingerprint density at radius 3 is 2.67 bits per heavy atom. The number of benzene rings is 1. The first-order valence-corrected chi connectivity index (χ1v) is 7.38. The maximum Gasteiger partial charge on any atom is 0.200 e. The van der Waals surface area contributed by atoms with Gasteiger partial charge < -0.3 is 9.47 Å². The van der Waals surface area contributed by atoms with Crippen molar-refractivity contribution in [3.05, 3.63) is 46.3 Å². The van der Waals surface area contributed by atoms with Crippen LogP contribution in [0.3, 0.4) is 0 Å². The zero-order valence-corrected chi connectivity index (χ0v) is 13.0. The van der Waals surface area contributed by atoms with Crippen LogP contribution in [-0.2, 0) is 15.3 Å². The smallest absolute Gasteiger partial charge is 0.200 e. The zero-order valence-electron chi connectivity index (χ0n) is 13.0. The highest BCUT2D eigenvalue weighted by molar-refractivity contribution is 5.23. The average Bonchev–Trinajstić information content (AvgIpc) is 2.47. The quantitative estimate of drug-likeness (QED) is 0.468. The molecule has 5 heteroatoms. The van der Waals surface area contributed by atoms with E-state index in [1.54, 1.807) is 0 Å². The lowest BCUT2D eigenvalue weighted by Crippen LogP contribution is -2.51. The van der Waals surface area contributed by atoms with Gasteiger partial charge in [0.05, 0.1) is 12.7 Å². The Morgan fingerprint density at radius 1 is 1.33 bits per heavy atom. The van der Waals surface area contributed by atoms with E-state index >= 15 is 0 Å². The monoisotopic (exact) mass is 289 g/mol. The van der Waals surface area contributed by atoms with Crippen molar-refractivity contribution in [2.45, 2.75) is 45.5 Å². The first kappa shape index (κ1) is 15.8. The van der Waals surface area contributed by atoms with E-state index in [-0.39, 0.29) is 11.5 Å². The van der Waals surface area contributed by atoms with Crippen LogP contribution >= 0.6 is 0 Å². The van der Waals surface area contributed by atoms with E-state index in [0.717, 1.165) is 18.4 Å². The molecule has 0 unspecified atom stereocenters. The molecule has 0 saturated carbocycles. The molecule has 1 aliphatic rings. The molecule has 2 atom stereocenters. The molecule has 0 spiro atoms. The van der Waals surface area contributed by atoms with Crippen molar-refractivity contribution < 1.29 is 9.47 Å². The minimum absolute atomic E-state index is 0.0451. The molecule has 1 heterocycles. The van der Waals surface area contributed by atoms with E-state index in [4.69, 9.17) is 15.0 Å². The Bertz CT molecular complexity index is 506. The Hall–Kier alpha value is -1.55. The number of hydrogen-bond donors (Lipinski definition) is 0. The third-order valence-corrected chi connectivity index (χ3v) is 3.83. The molecule has 1 aromatic carbocycles. The molecule has 1 aromatic rings. The first-order valence-electron chi connectivity index (χ1n) is 7.38. The van der Waals surface area contributed by atoms with Gasteiger partial charge in [0.15, 0.2) is 5.79 Å². The normalized spacial score (nSPS) is 26.1. The van der Waals surface area contributed by atoms with Crippen molar-refractivity contribution in [1.29, 1.82) is 0 Å². The van der Waals surface area contributed by atoms with E-state index in [2.05, 4.69) is 30.8 Å². The van der Waals surface area contributed by atoms with Gasteiger partial charge in [0.25, 0.3) is 0 Å². The second kappa shape index (κ2) is 6.48. The molecule has 5 nitrogen and oxygen atoms in total. The van der Waals surface area contributed by atoms with Crippen LogP contribution in [0.1, 0.15) is 39.2 Å². The average molecular weight is 289 g/mol. The standard InChI is InChI=1S/C16H23N3O2/c1-15(2,3)16(13-7-5-4-6-8-13)20-12-10-14(21-16)9-11-18-19-17/h4-8,14H,9-12H2,1-3H3/t14-,16+/m0/s1. The maximum absolute atomic E-state index is 8.40. The van der Waals surface area contributed by atoms with Crippen molar-refractivity contribution in [2.24, 2.45) is 10.5 Å². The van der Waals surface area contributed by atoms with Gasteiger partial charge in [-0.3, -0.25) is 0 Å². The van der Waals surface area contributed by atoms with Crippen LogP contribution in [0, 0.1) is 5.41 Å². The molecule has 1 saturated heterocycles. The highest BCUT2D eigenvalue weighted by Gasteiger charge is 2.49. The number of ether oxygens (including phenoxy) is 2. The second-order valence-electron chi connectivity index (χ2n) is 6.35. The molecular weight excluding hydrogens is 266 g/mol. The summed E-state index contributed by atoms with van der Waals surface area (Å²) in [5, 5.41) is 3.61. The lowest BCUT2D eigenvalue weighted by atomic mass is 9.79. The molecular formula is C16H23N3O2. The van der Waals surface area contributed by atoms with Gasteiger partial charge in [-0.25, -0.2) is 0 Å². The van der Waals surface area contributed by atoms with E-state index in [1.165, 1.54) is 0 Å². The molecule has 0 bridgehead atoms. The third kappa shape index (κ3) is 3.38. The summed E-state index contributed by atoms with van der Waals surface area (Å²) in [6.07, 6.45) is 1.59. The summed E-state index contributed by atoms with van der Waals surface area (Å²) < 4.78 is 12.5. The van der Waals surface area contributed by atoms with Gasteiger partial charge in [0.1, 0.15) is 0 Å². The fourth-order valence-electron chi connectivity index (χ4n) is 2.75. The predicted octanol–water partition coefficient (Wildman–Crippen LogP) is 4.39. The third-order valence-electron chi connectivity index (χ3n) is 3.83. The molecule has 2 rings (SSSR count). The Labute approximate surface area is 125 Å². The highest BCUT2D eigenvalue weighted by Crippen LogP contribution is 2.47. The summed E-state index contributed by atoms with van der Waals surface area (Å²) in [6.45, 7) is 7.46.